The minimum atomic E-state index is -0.569. The van der Waals surface area contributed by atoms with Crippen LogP contribution in [0.15, 0.2) is 18.2 Å². The van der Waals surface area contributed by atoms with Crippen molar-refractivity contribution in [3.8, 4) is 11.5 Å². The highest BCUT2D eigenvalue weighted by Gasteiger charge is 2.18. The fraction of sp³-hybridized carbons (Fsp3) is 0.500. The quantitative estimate of drug-likeness (QED) is 0.822. The van der Waals surface area contributed by atoms with Gasteiger partial charge in [-0.05, 0) is 46.8 Å². The van der Waals surface area contributed by atoms with E-state index in [0.717, 1.165) is 0 Å². The number of amides is 1. The van der Waals surface area contributed by atoms with E-state index >= 15 is 0 Å². The summed E-state index contributed by atoms with van der Waals surface area (Å²) in [5.41, 5.74) is -0.110. The predicted molar refractivity (Wildman–Crippen MR) is 73.7 cm³/mol. The van der Waals surface area contributed by atoms with E-state index in [1.807, 2.05) is 13.8 Å². The van der Waals surface area contributed by atoms with E-state index in [2.05, 4.69) is 5.32 Å². The van der Waals surface area contributed by atoms with Crippen LogP contribution < -0.4 is 10.1 Å². The van der Waals surface area contributed by atoms with Crippen molar-refractivity contribution in [1.82, 2.24) is 0 Å². The molecule has 1 rings (SSSR count). The second kappa shape index (κ2) is 5.82. The van der Waals surface area contributed by atoms with Crippen molar-refractivity contribution in [2.24, 2.45) is 0 Å². The summed E-state index contributed by atoms with van der Waals surface area (Å²) in [5.74, 6) is 0.478. The molecular weight excluding hydrogens is 246 g/mol. The van der Waals surface area contributed by atoms with Gasteiger partial charge >= 0.3 is 6.09 Å². The number of ether oxygens (including phenoxy) is 2. The normalized spacial score (nSPS) is 11.3. The van der Waals surface area contributed by atoms with Gasteiger partial charge in [-0.15, -0.1) is 0 Å². The summed E-state index contributed by atoms with van der Waals surface area (Å²) in [7, 11) is 0. The van der Waals surface area contributed by atoms with Crippen LogP contribution in [-0.4, -0.2) is 22.9 Å². The number of hydrogen-bond acceptors (Lipinski definition) is 4. The molecule has 0 bridgehead atoms. The highest BCUT2D eigenvalue weighted by atomic mass is 16.6. The van der Waals surface area contributed by atoms with Crippen LogP contribution in [0.25, 0.3) is 0 Å². The molecule has 19 heavy (non-hydrogen) atoms. The molecule has 0 aliphatic rings. The van der Waals surface area contributed by atoms with Crippen LogP contribution in [0.4, 0.5) is 10.5 Å². The smallest absolute Gasteiger partial charge is 0.412 e. The summed E-state index contributed by atoms with van der Waals surface area (Å²) in [4.78, 5) is 11.7. The third-order valence-corrected chi connectivity index (χ3v) is 1.96. The van der Waals surface area contributed by atoms with E-state index in [4.69, 9.17) is 9.47 Å². The third-order valence-electron chi connectivity index (χ3n) is 1.96. The largest absolute Gasteiger partial charge is 0.508 e. The Hall–Kier alpha value is -1.91. The number of anilines is 1. The minimum Gasteiger partial charge on any atom is -0.508 e. The zero-order valence-corrected chi connectivity index (χ0v) is 12.0. The second-order valence-electron chi connectivity index (χ2n) is 5.47. The Labute approximate surface area is 113 Å². The van der Waals surface area contributed by atoms with Crippen LogP contribution >= 0.6 is 0 Å². The van der Waals surface area contributed by atoms with Crippen LogP contribution in [0.5, 0.6) is 11.5 Å². The molecule has 1 aromatic rings. The average molecular weight is 267 g/mol. The molecule has 0 saturated heterocycles. The van der Waals surface area contributed by atoms with Gasteiger partial charge in [-0.1, -0.05) is 0 Å². The monoisotopic (exact) mass is 267 g/mol. The lowest BCUT2D eigenvalue weighted by Gasteiger charge is -2.21. The van der Waals surface area contributed by atoms with Crippen molar-refractivity contribution < 1.29 is 19.4 Å². The minimum absolute atomic E-state index is 0.0685. The topological polar surface area (TPSA) is 67.8 Å². The number of nitrogens with one attached hydrogen (secondary N) is 1. The van der Waals surface area contributed by atoms with Crippen LogP contribution in [0.1, 0.15) is 34.6 Å². The van der Waals surface area contributed by atoms with E-state index in [9.17, 15) is 9.90 Å². The highest BCUT2D eigenvalue weighted by Crippen LogP contribution is 2.30. The summed E-state index contributed by atoms with van der Waals surface area (Å²) in [6.07, 6.45) is -0.632. The maximum atomic E-state index is 11.7. The molecular formula is C14H21NO4. The molecule has 0 radical (unpaired) electrons. The molecule has 1 amide bonds. The third kappa shape index (κ3) is 5.50. The average Bonchev–Trinajstić information content (AvgIpc) is 2.18. The Kier molecular flexibility index (Phi) is 4.64. The molecule has 0 saturated carbocycles. The van der Waals surface area contributed by atoms with Crippen molar-refractivity contribution in [3.63, 3.8) is 0 Å². The second-order valence-corrected chi connectivity index (χ2v) is 5.47. The summed E-state index contributed by atoms with van der Waals surface area (Å²) >= 11 is 0. The van der Waals surface area contributed by atoms with Gasteiger partial charge in [0.25, 0.3) is 0 Å². The molecule has 2 N–H and O–H groups in total. The highest BCUT2D eigenvalue weighted by molar-refractivity contribution is 5.87. The molecule has 106 valence electrons. The van der Waals surface area contributed by atoms with Crippen molar-refractivity contribution in [1.29, 1.82) is 0 Å². The van der Waals surface area contributed by atoms with Gasteiger partial charge in [0, 0.05) is 6.07 Å². The number of benzene rings is 1. The standard InChI is InChI=1S/C14H21NO4/c1-9(2)18-12-8-10(16)6-7-11(12)15-13(17)19-14(3,4)5/h6-9,16H,1-5H3,(H,15,17). The Morgan fingerprint density at radius 3 is 2.47 bits per heavy atom. The molecule has 0 aromatic heterocycles. The number of phenolic OH excluding ortho intramolecular Hbond substituents is 1. The first kappa shape index (κ1) is 15.1. The molecule has 0 aliphatic carbocycles. The zero-order chi connectivity index (χ0) is 14.6. The number of phenols is 1. The van der Waals surface area contributed by atoms with Crippen LogP contribution in [0, 0.1) is 0 Å². The van der Waals surface area contributed by atoms with E-state index in [1.165, 1.54) is 12.1 Å². The van der Waals surface area contributed by atoms with Crippen LogP contribution in [0.2, 0.25) is 0 Å². The Balaban J connectivity index is 2.85. The summed E-state index contributed by atoms with van der Waals surface area (Å²) < 4.78 is 10.7. The first-order valence-corrected chi connectivity index (χ1v) is 6.17. The van der Waals surface area contributed by atoms with Gasteiger partial charge in [-0.25, -0.2) is 4.79 Å². The maximum Gasteiger partial charge on any atom is 0.412 e. The SMILES string of the molecule is CC(C)Oc1cc(O)ccc1NC(=O)OC(C)(C)C. The lowest BCUT2D eigenvalue weighted by atomic mass is 10.2. The van der Waals surface area contributed by atoms with Gasteiger partial charge in [-0.3, -0.25) is 5.32 Å². The van der Waals surface area contributed by atoms with E-state index in [0.29, 0.717) is 11.4 Å². The molecule has 5 nitrogen and oxygen atoms in total. The lowest BCUT2D eigenvalue weighted by Crippen LogP contribution is -2.27. The maximum absolute atomic E-state index is 11.7. The van der Waals surface area contributed by atoms with E-state index in [-0.39, 0.29) is 11.9 Å². The van der Waals surface area contributed by atoms with Crippen molar-refractivity contribution in [3.05, 3.63) is 18.2 Å². The van der Waals surface area contributed by atoms with Crippen molar-refractivity contribution >= 4 is 11.8 Å². The molecule has 1 aromatic carbocycles. The summed E-state index contributed by atoms with van der Waals surface area (Å²) in [6.45, 7) is 9.08. The number of carbonyl (C=O) groups excluding carboxylic acids is 1. The van der Waals surface area contributed by atoms with Gasteiger partial charge in [0.1, 0.15) is 17.1 Å². The molecule has 0 fully saturated rings. The van der Waals surface area contributed by atoms with E-state index < -0.39 is 11.7 Å². The zero-order valence-electron chi connectivity index (χ0n) is 12.0. The summed E-state index contributed by atoms with van der Waals surface area (Å²) in [6, 6.07) is 4.49. The lowest BCUT2D eigenvalue weighted by molar-refractivity contribution is 0.0635. The number of hydrogen-bond donors (Lipinski definition) is 2. The molecule has 0 unspecified atom stereocenters. The van der Waals surface area contributed by atoms with E-state index in [1.54, 1.807) is 26.8 Å². The predicted octanol–water partition coefficient (Wildman–Crippen LogP) is 3.53. The molecule has 5 heteroatoms. The molecule has 0 aliphatic heterocycles. The fourth-order valence-corrected chi connectivity index (χ4v) is 1.38. The molecule has 0 spiro atoms. The Bertz CT molecular complexity index is 449. The number of aromatic hydroxyl groups is 1. The Morgan fingerprint density at radius 2 is 1.95 bits per heavy atom. The van der Waals surface area contributed by atoms with Crippen LogP contribution in [-0.2, 0) is 4.74 Å². The first-order chi connectivity index (χ1) is 8.67. The van der Waals surface area contributed by atoms with Gasteiger partial charge in [0.15, 0.2) is 0 Å². The van der Waals surface area contributed by atoms with Gasteiger partial charge < -0.3 is 14.6 Å². The number of rotatable bonds is 3. The van der Waals surface area contributed by atoms with Gasteiger partial charge in [-0.2, -0.15) is 0 Å². The first-order valence-electron chi connectivity index (χ1n) is 6.17. The van der Waals surface area contributed by atoms with Crippen LogP contribution in [0.3, 0.4) is 0 Å². The fourth-order valence-electron chi connectivity index (χ4n) is 1.38. The van der Waals surface area contributed by atoms with Gasteiger partial charge in [0.2, 0.25) is 0 Å². The van der Waals surface area contributed by atoms with Crippen molar-refractivity contribution in [2.75, 3.05) is 5.32 Å². The van der Waals surface area contributed by atoms with Crippen molar-refractivity contribution in [2.45, 2.75) is 46.3 Å². The Morgan fingerprint density at radius 1 is 1.32 bits per heavy atom. The van der Waals surface area contributed by atoms with Gasteiger partial charge in [0.05, 0.1) is 11.8 Å². The number of carbonyl (C=O) groups is 1. The molecule has 0 heterocycles. The summed E-state index contributed by atoms with van der Waals surface area (Å²) in [5, 5.41) is 12.0. The molecule has 0 atom stereocenters.